The first-order chi connectivity index (χ1) is 8.20. The van der Waals surface area contributed by atoms with Crippen LogP contribution in [0.25, 0.3) is 5.69 Å². The van der Waals surface area contributed by atoms with Gasteiger partial charge in [-0.15, -0.1) is 0 Å². The quantitative estimate of drug-likeness (QED) is 0.805. The number of methoxy groups -OCH3 is 1. The fourth-order valence-electron chi connectivity index (χ4n) is 1.53. The Balaban J connectivity index is 2.28. The van der Waals surface area contributed by atoms with Crippen molar-refractivity contribution in [2.75, 3.05) is 12.8 Å². The molecule has 0 aliphatic heterocycles. The standard InChI is InChI=1S/C12H13N3O2/c1-17-12(16)8-9-7-11(13)15(14-9)10-5-3-2-4-6-10/h2-7H,8,13H2,1H3. The van der Waals surface area contributed by atoms with E-state index < -0.39 is 0 Å². The molecular formula is C12H13N3O2. The number of anilines is 1. The zero-order valence-electron chi connectivity index (χ0n) is 9.46. The Kier molecular flexibility index (Phi) is 3.09. The highest BCUT2D eigenvalue weighted by Crippen LogP contribution is 2.14. The van der Waals surface area contributed by atoms with Crippen LogP contribution in [0.15, 0.2) is 36.4 Å². The number of ether oxygens (including phenoxy) is 1. The second-order valence-corrected chi connectivity index (χ2v) is 3.56. The molecule has 1 aromatic heterocycles. The van der Waals surface area contributed by atoms with Crippen LogP contribution in [-0.2, 0) is 16.0 Å². The Morgan fingerprint density at radius 3 is 2.76 bits per heavy atom. The van der Waals surface area contributed by atoms with E-state index in [1.807, 2.05) is 30.3 Å². The van der Waals surface area contributed by atoms with Crippen LogP contribution in [0, 0.1) is 0 Å². The van der Waals surface area contributed by atoms with Crippen LogP contribution in [0.3, 0.4) is 0 Å². The molecule has 0 fully saturated rings. The van der Waals surface area contributed by atoms with E-state index in [9.17, 15) is 4.79 Å². The predicted molar refractivity (Wildman–Crippen MR) is 63.7 cm³/mol. The number of nitrogens with zero attached hydrogens (tertiary/aromatic N) is 2. The van der Waals surface area contributed by atoms with Crippen molar-refractivity contribution in [3.05, 3.63) is 42.1 Å². The van der Waals surface area contributed by atoms with Gasteiger partial charge in [0.15, 0.2) is 0 Å². The molecule has 0 bridgehead atoms. The van der Waals surface area contributed by atoms with Crippen molar-refractivity contribution in [3.8, 4) is 5.69 Å². The first kappa shape index (κ1) is 11.2. The van der Waals surface area contributed by atoms with Crippen molar-refractivity contribution in [1.82, 2.24) is 9.78 Å². The molecule has 0 aliphatic carbocycles. The molecule has 1 aromatic carbocycles. The summed E-state index contributed by atoms with van der Waals surface area (Å²) in [5.74, 6) is 0.165. The lowest BCUT2D eigenvalue weighted by Gasteiger charge is -2.02. The third kappa shape index (κ3) is 2.44. The van der Waals surface area contributed by atoms with Gasteiger partial charge in [0, 0.05) is 6.07 Å². The van der Waals surface area contributed by atoms with Crippen molar-refractivity contribution in [2.45, 2.75) is 6.42 Å². The lowest BCUT2D eigenvalue weighted by atomic mass is 10.3. The monoisotopic (exact) mass is 231 g/mol. The molecule has 0 atom stereocenters. The van der Waals surface area contributed by atoms with Crippen molar-refractivity contribution < 1.29 is 9.53 Å². The van der Waals surface area contributed by atoms with Gasteiger partial charge in [-0.3, -0.25) is 4.79 Å². The van der Waals surface area contributed by atoms with Crippen LogP contribution in [0.4, 0.5) is 5.82 Å². The largest absolute Gasteiger partial charge is 0.469 e. The molecule has 2 N–H and O–H groups in total. The number of carbonyl (C=O) groups is 1. The molecular weight excluding hydrogens is 218 g/mol. The number of hydrogen-bond donors (Lipinski definition) is 1. The summed E-state index contributed by atoms with van der Waals surface area (Å²) in [5.41, 5.74) is 7.30. The summed E-state index contributed by atoms with van der Waals surface area (Å²) < 4.78 is 6.18. The summed E-state index contributed by atoms with van der Waals surface area (Å²) in [6, 6.07) is 11.2. The Labute approximate surface area is 98.8 Å². The van der Waals surface area contributed by atoms with Gasteiger partial charge in [-0.05, 0) is 12.1 Å². The van der Waals surface area contributed by atoms with Crippen molar-refractivity contribution in [3.63, 3.8) is 0 Å². The number of nitrogen functional groups attached to an aromatic ring is 1. The minimum Gasteiger partial charge on any atom is -0.469 e. The predicted octanol–water partition coefficient (Wildman–Crippen LogP) is 1.17. The average Bonchev–Trinajstić information content (AvgIpc) is 2.71. The van der Waals surface area contributed by atoms with E-state index in [0.717, 1.165) is 5.69 Å². The number of benzene rings is 1. The number of rotatable bonds is 3. The van der Waals surface area contributed by atoms with Gasteiger partial charge in [-0.2, -0.15) is 5.10 Å². The molecule has 88 valence electrons. The fraction of sp³-hybridized carbons (Fsp3) is 0.167. The molecule has 2 rings (SSSR count). The molecule has 0 unspecified atom stereocenters. The summed E-state index contributed by atoms with van der Waals surface area (Å²) in [6.45, 7) is 0. The third-order valence-electron chi connectivity index (χ3n) is 2.34. The molecule has 5 nitrogen and oxygen atoms in total. The number of para-hydroxylation sites is 1. The van der Waals surface area contributed by atoms with E-state index >= 15 is 0 Å². The summed E-state index contributed by atoms with van der Waals surface area (Å²) in [5, 5.41) is 4.26. The minimum absolute atomic E-state index is 0.126. The number of esters is 1. The summed E-state index contributed by atoms with van der Waals surface area (Å²) in [7, 11) is 1.35. The van der Waals surface area contributed by atoms with E-state index in [0.29, 0.717) is 11.5 Å². The minimum atomic E-state index is -0.331. The number of carbonyl (C=O) groups excluding carboxylic acids is 1. The van der Waals surface area contributed by atoms with Gasteiger partial charge in [-0.25, -0.2) is 4.68 Å². The van der Waals surface area contributed by atoms with Gasteiger partial charge in [0.1, 0.15) is 5.82 Å². The highest BCUT2D eigenvalue weighted by atomic mass is 16.5. The molecule has 0 saturated heterocycles. The van der Waals surface area contributed by atoms with Crippen LogP contribution in [0.5, 0.6) is 0 Å². The zero-order valence-corrected chi connectivity index (χ0v) is 9.46. The first-order valence-electron chi connectivity index (χ1n) is 5.17. The SMILES string of the molecule is COC(=O)Cc1cc(N)n(-c2ccccc2)n1. The summed E-state index contributed by atoms with van der Waals surface area (Å²) in [6.07, 6.45) is 0.126. The van der Waals surface area contributed by atoms with Crippen LogP contribution >= 0.6 is 0 Å². The third-order valence-corrected chi connectivity index (χ3v) is 2.34. The maximum Gasteiger partial charge on any atom is 0.311 e. The smallest absolute Gasteiger partial charge is 0.311 e. The van der Waals surface area contributed by atoms with Crippen LogP contribution in [-0.4, -0.2) is 22.9 Å². The highest BCUT2D eigenvalue weighted by Gasteiger charge is 2.10. The number of hydrogen-bond acceptors (Lipinski definition) is 4. The first-order valence-corrected chi connectivity index (χ1v) is 5.17. The Morgan fingerprint density at radius 2 is 2.12 bits per heavy atom. The van der Waals surface area contributed by atoms with Crippen molar-refractivity contribution >= 4 is 11.8 Å². The van der Waals surface area contributed by atoms with Gasteiger partial charge in [0.25, 0.3) is 0 Å². The topological polar surface area (TPSA) is 70.1 Å². The van der Waals surface area contributed by atoms with Crippen molar-refractivity contribution in [1.29, 1.82) is 0 Å². The molecule has 0 spiro atoms. The van der Waals surface area contributed by atoms with Gasteiger partial charge >= 0.3 is 5.97 Å². The normalized spacial score (nSPS) is 10.2. The average molecular weight is 231 g/mol. The van der Waals surface area contributed by atoms with Gasteiger partial charge in [0.2, 0.25) is 0 Å². The van der Waals surface area contributed by atoms with E-state index in [1.165, 1.54) is 7.11 Å². The van der Waals surface area contributed by atoms with E-state index in [2.05, 4.69) is 9.84 Å². The Hall–Kier alpha value is -2.30. The molecule has 5 heteroatoms. The second-order valence-electron chi connectivity index (χ2n) is 3.56. The molecule has 1 heterocycles. The van der Waals surface area contributed by atoms with Crippen molar-refractivity contribution in [2.24, 2.45) is 0 Å². The molecule has 0 saturated carbocycles. The molecule has 2 aromatic rings. The van der Waals surface area contributed by atoms with E-state index in [-0.39, 0.29) is 12.4 Å². The van der Waals surface area contributed by atoms with E-state index in [4.69, 9.17) is 5.73 Å². The van der Waals surface area contributed by atoms with Gasteiger partial charge in [0.05, 0.1) is 24.9 Å². The maximum atomic E-state index is 11.1. The maximum absolute atomic E-state index is 11.1. The number of nitrogens with two attached hydrogens (primary N) is 1. The lowest BCUT2D eigenvalue weighted by Crippen LogP contribution is -2.06. The van der Waals surface area contributed by atoms with E-state index in [1.54, 1.807) is 10.7 Å². The summed E-state index contributed by atoms with van der Waals surface area (Å²) in [4.78, 5) is 11.1. The number of aromatic nitrogens is 2. The fourth-order valence-corrected chi connectivity index (χ4v) is 1.53. The van der Waals surface area contributed by atoms with Gasteiger partial charge < -0.3 is 10.5 Å². The van der Waals surface area contributed by atoms with Gasteiger partial charge in [-0.1, -0.05) is 18.2 Å². The van der Waals surface area contributed by atoms with Crippen LogP contribution in [0.2, 0.25) is 0 Å². The molecule has 0 amide bonds. The molecule has 0 aliphatic rings. The highest BCUT2D eigenvalue weighted by molar-refractivity contribution is 5.72. The molecule has 17 heavy (non-hydrogen) atoms. The Bertz CT molecular complexity index is 520. The zero-order chi connectivity index (χ0) is 12.3. The Morgan fingerprint density at radius 1 is 1.41 bits per heavy atom. The summed E-state index contributed by atoms with van der Waals surface area (Å²) >= 11 is 0. The van der Waals surface area contributed by atoms with Crippen LogP contribution in [0.1, 0.15) is 5.69 Å². The van der Waals surface area contributed by atoms with Crippen LogP contribution < -0.4 is 5.73 Å². The lowest BCUT2D eigenvalue weighted by molar-refractivity contribution is -0.139. The second kappa shape index (κ2) is 4.69. The molecule has 0 radical (unpaired) electrons.